The van der Waals surface area contributed by atoms with Crippen molar-refractivity contribution in [3.05, 3.63) is 23.3 Å². The van der Waals surface area contributed by atoms with Crippen LogP contribution in [0.4, 0.5) is 0 Å². The van der Waals surface area contributed by atoms with E-state index in [-0.39, 0.29) is 36.8 Å². The lowest BCUT2D eigenvalue weighted by molar-refractivity contribution is -0.204. The summed E-state index contributed by atoms with van der Waals surface area (Å²) in [6.07, 6.45) is 2.74. The third-order valence-electron chi connectivity index (χ3n) is 8.45. The molecule has 5 rings (SSSR count). The molecule has 0 aromatic heterocycles. The molecule has 1 aromatic carbocycles. The molecule has 1 unspecified atom stereocenters. The number of likely N-dealkylation sites (N-methyl/N-ethyl adjacent to an activating group) is 1. The molecule has 0 radical (unpaired) electrons. The number of likely N-dealkylation sites (tertiary alicyclic amines) is 1. The van der Waals surface area contributed by atoms with E-state index in [1.807, 2.05) is 6.07 Å². The first-order chi connectivity index (χ1) is 15.2. The SMILES string of the molecule is CO[C@@]12CC[C@@H](N[C@@H](CCC(N)=O)C(=O)O)[C@@H]3Oc4c(O)ccc5c4[C@@]31CCN(C)C2C5. The van der Waals surface area contributed by atoms with Gasteiger partial charge in [-0.3, -0.25) is 14.9 Å². The molecule has 32 heavy (non-hydrogen) atoms. The molecule has 1 saturated heterocycles. The van der Waals surface area contributed by atoms with Crippen LogP contribution in [0.3, 0.4) is 0 Å². The van der Waals surface area contributed by atoms with Gasteiger partial charge in [-0.2, -0.15) is 0 Å². The lowest BCUT2D eigenvalue weighted by Gasteiger charge is -2.65. The van der Waals surface area contributed by atoms with E-state index >= 15 is 0 Å². The van der Waals surface area contributed by atoms with Gasteiger partial charge in [0.05, 0.1) is 11.0 Å². The van der Waals surface area contributed by atoms with Gasteiger partial charge in [0.25, 0.3) is 0 Å². The highest BCUT2D eigenvalue weighted by Crippen LogP contribution is 2.66. The Kier molecular flexibility index (Phi) is 4.92. The molecule has 2 bridgehead atoms. The Hall–Kier alpha value is -2.36. The summed E-state index contributed by atoms with van der Waals surface area (Å²) in [5.74, 6) is -0.925. The second-order valence-corrected chi connectivity index (χ2v) is 9.71. The number of methoxy groups -OCH3 is 1. The van der Waals surface area contributed by atoms with Crippen LogP contribution in [-0.2, 0) is 26.2 Å². The molecule has 174 valence electrons. The van der Waals surface area contributed by atoms with Crippen LogP contribution in [0.1, 0.15) is 43.2 Å². The number of nitrogens with one attached hydrogen (secondary N) is 1. The first-order valence-corrected chi connectivity index (χ1v) is 11.3. The number of carbonyl (C=O) groups is 2. The summed E-state index contributed by atoms with van der Waals surface area (Å²) >= 11 is 0. The average Bonchev–Trinajstić information content (AvgIpc) is 3.11. The van der Waals surface area contributed by atoms with Gasteiger partial charge in [-0.1, -0.05) is 6.07 Å². The first kappa shape index (κ1) is 21.5. The number of ether oxygens (including phenoxy) is 2. The van der Waals surface area contributed by atoms with Gasteiger partial charge >= 0.3 is 5.97 Å². The smallest absolute Gasteiger partial charge is 0.320 e. The molecule has 1 aromatic rings. The molecule has 1 saturated carbocycles. The van der Waals surface area contributed by atoms with Crippen molar-refractivity contribution in [2.45, 2.75) is 73.8 Å². The third kappa shape index (κ3) is 2.67. The van der Waals surface area contributed by atoms with Gasteiger partial charge in [0, 0.05) is 31.2 Å². The number of carboxylic acids is 1. The van der Waals surface area contributed by atoms with Crippen LogP contribution in [0.2, 0.25) is 0 Å². The number of benzene rings is 1. The monoisotopic (exact) mass is 445 g/mol. The maximum absolute atomic E-state index is 11.9. The summed E-state index contributed by atoms with van der Waals surface area (Å²) in [6, 6.07) is 2.66. The molecule has 2 aliphatic heterocycles. The summed E-state index contributed by atoms with van der Waals surface area (Å²) in [5, 5.41) is 23.7. The molecule has 2 aliphatic carbocycles. The topological polar surface area (TPSA) is 134 Å². The number of phenolic OH excluding ortho intramolecular Hbond substituents is 1. The number of rotatable bonds is 7. The number of hydrogen-bond acceptors (Lipinski definition) is 7. The Labute approximate surface area is 186 Å². The predicted octanol–water partition coefficient (Wildman–Crippen LogP) is 0.507. The van der Waals surface area contributed by atoms with Gasteiger partial charge in [0.2, 0.25) is 5.91 Å². The van der Waals surface area contributed by atoms with E-state index in [0.717, 1.165) is 36.9 Å². The lowest BCUT2D eigenvalue weighted by Crippen LogP contribution is -2.78. The standard InChI is InChI=1S/C23H31N3O6/c1-26-10-9-22-18-12-3-5-15(27)19(18)32-20(22)13(7-8-23(22,31-2)16(26)11-12)25-14(21(29)30)4-6-17(24)28/h3,5,13-14,16,20,25,27H,4,6-11H2,1-2H3,(H2,24,28)(H,29,30)/t13-,14+,16?,20+,22+,23-/m1/s1. The minimum Gasteiger partial charge on any atom is -0.504 e. The van der Waals surface area contributed by atoms with Crippen molar-refractivity contribution in [1.29, 1.82) is 0 Å². The number of carboxylic acid groups (broad SMARTS) is 1. The zero-order valence-electron chi connectivity index (χ0n) is 18.5. The zero-order valence-corrected chi connectivity index (χ0v) is 18.5. The highest BCUT2D eigenvalue weighted by molar-refractivity contribution is 5.77. The van der Waals surface area contributed by atoms with Crippen molar-refractivity contribution < 1.29 is 29.3 Å². The summed E-state index contributed by atoms with van der Waals surface area (Å²) in [7, 11) is 3.89. The van der Waals surface area contributed by atoms with E-state index in [1.54, 1.807) is 13.2 Å². The molecule has 2 fully saturated rings. The molecule has 9 nitrogen and oxygen atoms in total. The Balaban J connectivity index is 1.59. The number of hydrogen-bond donors (Lipinski definition) is 4. The fourth-order valence-electron chi connectivity index (χ4n) is 7.13. The second-order valence-electron chi connectivity index (χ2n) is 9.71. The van der Waals surface area contributed by atoms with Crippen molar-refractivity contribution >= 4 is 11.9 Å². The summed E-state index contributed by atoms with van der Waals surface area (Å²) in [4.78, 5) is 25.5. The van der Waals surface area contributed by atoms with E-state index in [0.29, 0.717) is 12.2 Å². The van der Waals surface area contributed by atoms with Gasteiger partial charge in [-0.25, -0.2) is 0 Å². The van der Waals surface area contributed by atoms with Crippen LogP contribution in [0.25, 0.3) is 0 Å². The Morgan fingerprint density at radius 2 is 2.19 bits per heavy atom. The van der Waals surface area contributed by atoms with Gasteiger partial charge in [-0.15, -0.1) is 0 Å². The molecule has 4 aliphatic rings. The second kappa shape index (κ2) is 7.33. The molecule has 5 N–H and O–H groups in total. The number of nitrogens with two attached hydrogens (primary N) is 1. The minimum absolute atomic E-state index is 0.00655. The normalized spacial score (nSPS) is 35.6. The minimum atomic E-state index is -1.02. The van der Waals surface area contributed by atoms with E-state index in [2.05, 4.69) is 17.3 Å². The predicted molar refractivity (Wildman–Crippen MR) is 115 cm³/mol. The van der Waals surface area contributed by atoms with Crippen LogP contribution in [-0.4, -0.2) is 77.5 Å². The van der Waals surface area contributed by atoms with Crippen LogP contribution < -0.4 is 15.8 Å². The largest absolute Gasteiger partial charge is 0.504 e. The third-order valence-corrected chi connectivity index (χ3v) is 8.45. The summed E-state index contributed by atoms with van der Waals surface area (Å²) in [6.45, 7) is 0.862. The highest BCUT2D eigenvalue weighted by atomic mass is 16.5. The number of piperidine rings is 1. The van der Waals surface area contributed by atoms with Crippen LogP contribution in [0.15, 0.2) is 12.1 Å². The Morgan fingerprint density at radius 3 is 2.88 bits per heavy atom. The van der Waals surface area contributed by atoms with Crippen molar-refractivity contribution in [2.24, 2.45) is 5.73 Å². The number of primary amides is 1. The molecule has 6 atom stereocenters. The van der Waals surface area contributed by atoms with Crippen molar-refractivity contribution in [1.82, 2.24) is 10.2 Å². The lowest BCUT2D eigenvalue weighted by atomic mass is 9.48. The molecule has 9 heteroatoms. The average molecular weight is 446 g/mol. The van der Waals surface area contributed by atoms with Gasteiger partial charge in [0.15, 0.2) is 11.5 Å². The summed E-state index contributed by atoms with van der Waals surface area (Å²) < 4.78 is 12.9. The molecular weight excluding hydrogens is 414 g/mol. The zero-order chi connectivity index (χ0) is 22.8. The van der Waals surface area contributed by atoms with Crippen LogP contribution in [0, 0.1) is 0 Å². The van der Waals surface area contributed by atoms with E-state index in [4.69, 9.17) is 15.2 Å². The fourth-order valence-corrected chi connectivity index (χ4v) is 7.13. The van der Waals surface area contributed by atoms with Crippen LogP contribution >= 0.6 is 0 Å². The molecular formula is C23H31N3O6. The number of carbonyl (C=O) groups excluding carboxylic acids is 1. The quantitative estimate of drug-likeness (QED) is 0.477. The van der Waals surface area contributed by atoms with Gasteiger partial charge < -0.3 is 30.3 Å². The number of aromatic hydroxyl groups is 1. The van der Waals surface area contributed by atoms with Crippen molar-refractivity contribution in [3.63, 3.8) is 0 Å². The van der Waals surface area contributed by atoms with Gasteiger partial charge in [-0.05, 0) is 57.3 Å². The first-order valence-electron chi connectivity index (χ1n) is 11.3. The van der Waals surface area contributed by atoms with Crippen LogP contribution in [0.5, 0.6) is 11.5 Å². The highest BCUT2D eigenvalue weighted by Gasteiger charge is 2.73. The molecule has 1 amide bonds. The Bertz CT molecular complexity index is 969. The van der Waals surface area contributed by atoms with E-state index < -0.39 is 28.9 Å². The molecule has 1 spiro atoms. The van der Waals surface area contributed by atoms with Crippen molar-refractivity contribution in [3.8, 4) is 11.5 Å². The van der Waals surface area contributed by atoms with Gasteiger partial charge in [0.1, 0.15) is 12.1 Å². The number of nitrogens with zero attached hydrogens (tertiary/aromatic N) is 1. The number of phenols is 1. The fraction of sp³-hybridized carbons (Fsp3) is 0.652. The van der Waals surface area contributed by atoms with Crippen molar-refractivity contribution in [2.75, 3.05) is 20.7 Å². The summed E-state index contributed by atoms with van der Waals surface area (Å²) in [5.41, 5.74) is 6.48. The maximum atomic E-state index is 11.9. The number of amides is 1. The molecule has 2 heterocycles. The number of aliphatic carboxylic acids is 1. The van der Waals surface area contributed by atoms with E-state index in [1.165, 1.54) is 0 Å². The Morgan fingerprint density at radius 1 is 1.41 bits per heavy atom. The maximum Gasteiger partial charge on any atom is 0.320 e. The van der Waals surface area contributed by atoms with E-state index in [9.17, 15) is 19.8 Å².